The standard InChI is InChI=1S/C17H11ClFNO3S2/c18-16-9-11(10-24-16)17(21)20-13-3-7-15(8-4-13)25(22,23)14-5-1-12(19)2-6-14/h1-10H,(H,20,21). The Morgan fingerprint density at radius 2 is 1.56 bits per heavy atom. The molecule has 1 N–H and O–H groups in total. The number of hydrogen-bond acceptors (Lipinski definition) is 4. The number of anilines is 1. The fourth-order valence-corrected chi connectivity index (χ4v) is 4.22. The van der Waals surface area contributed by atoms with Crippen molar-refractivity contribution in [2.24, 2.45) is 0 Å². The maximum absolute atomic E-state index is 13.0. The Bertz CT molecular complexity index is 1010. The minimum Gasteiger partial charge on any atom is -0.322 e. The third kappa shape index (κ3) is 3.89. The van der Waals surface area contributed by atoms with Crippen molar-refractivity contribution in [1.29, 1.82) is 0 Å². The highest BCUT2D eigenvalue weighted by atomic mass is 35.5. The van der Waals surface area contributed by atoms with Crippen molar-refractivity contribution >= 4 is 44.4 Å². The van der Waals surface area contributed by atoms with Gasteiger partial charge in [-0.2, -0.15) is 0 Å². The second-order valence-electron chi connectivity index (χ2n) is 5.08. The van der Waals surface area contributed by atoms with Gasteiger partial charge in [-0.1, -0.05) is 11.6 Å². The Hall–Kier alpha value is -2.22. The van der Waals surface area contributed by atoms with E-state index >= 15 is 0 Å². The zero-order valence-corrected chi connectivity index (χ0v) is 15.0. The number of thiophene rings is 1. The molecule has 0 spiro atoms. The summed E-state index contributed by atoms with van der Waals surface area (Å²) in [6, 6.07) is 11.9. The van der Waals surface area contributed by atoms with Crippen LogP contribution in [-0.2, 0) is 9.84 Å². The zero-order valence-electron chi connectivity index (χ0n) is 12.6. The van der Waals surface area contributed by atoms with E-state index in [-0.39, 0.29) is 15.7 Å². The molecule has 0 bridgehead atoms. The van der Waals surface area contributed by atoms with E-state index in [1.165, 1.54) is 47.7 Å². The normalized spacial score (nSPS) is 11.3. The van der Waals surface area contributed by atoms with Crippen molar-refractivity contribution in [3.63, 3.8) is 0 Å². The monoisotopic (exact) mass is 395 g/mol. The summed E-state index contributed by atoms with van der Waals surface area (Å²) in [6.07, 6.45) is 0. The fourth-order valence-electron chi connectivity index (χ4n) is 2.10. The Balaban J connectivity index is 1.80. The molecule has 2 aromatic carbocycles. The third-order valence-corrected chi connectivity index (χ3v) is 6.25. The van der Waals surface area contributed by atoms with Crippen LogP contribution in [0.4, 0.5) is 10.1 Å². The van der Waals surface area contributed by atoms with Crippen LogP contribution in [0.1, 0.15) is 10.4 Å². The molecule has 4 nitrogen and oxygen atoms in total. The summed E-state index contributed by atoms with van der Waals surface area (Å²) < 4.78 is 38.4. The van der Waals surface area contributed by atoms with Crippen LogP contribution in [0.2, 0.25) is 4.34 Å². The summed E-state index contributed by atoms with van der Waals surface area (Å²) in [6.45, 7) is 0. The molecule has 25 heavy (non-hydrogen) atoms. The number of rotatable bonds is 4. The predicted octanol–water partition coefficient (Wildman–Crippen LogP) is 4.63. The molecule has 0 aliphatic rings. The van der Waals surface area contributed by atoms with Crippen molar-refractivity contribution in [3.8, 4) is 0 Å². The average Bonchev–Trinajstić information content (AvgIpc) is 3.02. The maximum Gasteiger partial charge on any atom is 0.256 e. The highest BCUT2D eigenvalue weighted by Gasteiger charge is 2.17. The van der Waals surface area contributed by atoms with Gasteiger partial charge in [-0.3, -0.25) is 4.79 Å². The fraction of sp³-hybridized carbons (Fsp3) is 0. The SMILES string of the molecule is O=C(Nc1ccc(S(=O)(=O)c2ccc(F)cc2)cc1)c1csc(Cl)c1. The van der Waals surface area contributed by atoms with Gasteiger partial charge in [0.05, 0.1) is 19.7 Å². The molecule has 0 atom stereocenters. The molecule has 3 rings (SSSR count). The van der Waals surface area contributed by atoms with E-state index in [2.05, 4.69) is 5.32 Å². The van der Waals surface area contributed by atoms with Gasteiger partial charge in [0.1, 0.15) is 5.82 Å². The van der Waals surface area contributed by atoms with E-state index in [9.17, 15) is 17.6 Å². The quantitative estimate of drug-likeness (QED) is 0.655. The van der Waals surface area contributed by atoms with Crippen LogP contribution in [0.25, 0.3) is 0 Å². The summed E-state index contributed by atoms with van der Waals surface area (Å²) in [4.78, 5) is 12.1. The van der Waals surface area contributed by atoms with Crippen molar-refractivity contribution in [1.82, 2.24) is 0 Å². The third-order valence-electron chi connectivity index (χ3n) is 3.38. The second-order valence-corrected chi connectivity index (χ2v) is 8.57. The van der Waals surface area contributed by atoms with E-state index in [1.807, 2.05) is 0 Å². The van der Waals surface area contributed by atoms with Gasteiger partial charge >= 0.3 is 0 Å². The molecule has 0 unspecified atom stereocenters. The van der Waals surface area contributed by atoms with Crippen LogP contribution in [0, 0.1) is 5.82 Å². The van der Waals surface area contributed by atoms with Gasteiger partial charge in [0.25, 0.3) is 5.91 Å². The van der Waals surface area contributed by atoms with Gasteiger partial charge in [-0.15, -0.1) is 11.3 Å². The van der Waals surface area contributed by atoms with E-state index < -0.39 is 15.7 Å². The maximum atomic E-state index is 13.0. The first-order chi connectivity index (χ1) is 11.9. The molecule has 1 heterocycles. The molecule has 8 heteroatoms. The van der Waals surface area contributed by atoms with Crippen molar-refractivity contribution < 1.29 is 17.6 Å². The van der Waals surface area contributed by atoms with Crippen molar-refractivity contribution in [3.05, 3.63) is 75.7 Å². The van der Waals surface area contributed by atoms with E-state index in [4.69, 9.17) is 11.6 Å². The molecule has 0 saturated carbocycles. The van der Waals surface area contributed by atoms with Crippen LogP contribution in [0.5, 0.6) is 0 Å². The number of sulfone groups is 1. The lowest BCUT2D eigenvalue weighted by Crippen LogP contribution is -2.11. The summed E-state index contributed by atoms with van der Waals surface area (Å²) in [5, 5.41) is 4.29. The summed E-state index contributed by atoms with van der Waals surface area (Å²) >= 11 is 7.04. The molecule has 3 aromatic rings. The lowest BCUT2D eigenvalue weighted by atomic mass is 10.3. The number of carbonyl (C=O) groups is 1. The minimum absolute atomic E-state index is 0.00130. The molecular formula is C17H11ClFNO3S2. The van der Waals surface area contributed by atoms with Gasteiger partial charge in [0, 0.05) is 11.1 Å². The first-order valence-corrected chi connectivity index (χ1v) is 9.76. The predicted molar refractivity (Wildman–Crippen MR) is 95.6 cm³/mol. The average molecular weight is 396 g/mol. The number of hydrogen-bond donors (Lipinski definition) is 1. The summed E-state index contributed by atoms with van der Waals surface area (Å²) in [5.41, 5.74) is 0.878. The molecule has 0 radical (unpaired) electrons. The highest BCUT2D eigenvalue weighted by molar-refractivity contribution is 7.91. The smallest absolute Gasteiger partial charge is 0.256 e. The van der Waals surface area contributed by atoms with Crippen LogP contribution in [0.3, 0.4) is 0 Å². The largest absolute Gasteiger partial charge is 0.322 e. The first-order valence-electron chi connectivity index (χ1n) is 7.02. The summed E-state index contributed by atoms with van der Waals surface area (Å²) in [5.74, 6) is -0.845. The molecule has 0 saturated heterocycles. The second kappa shape index (κ2) is 6.95. The van der Waals surface area contributed by atoms with Crippen LogP contribution in [0.15, 0.2) is 69.8 Å². The molecule has 0 aliphatic heterocycles. The number of benzene rings is 2. The number of carbonyl (C=O) groups excluding carboxylic acids is 1. The van der Waals surface area contributed by atoms with E-state index in [1.54, 1.807) is 11.4 Å². The minimum atomic E-state index is -3.74. The molecule has 1 amide bonds. The Morgan fingerprint density at radius 1 is 1.00 bits per heavy atom. The van der Waals surface area contributed by atoms with Gasteiger partial charge in [-0.05, 0) is 54.6 Å². The van der Waals surface area contributed by atoms with E-state index in [0.717, 1.165) is 12.1 Å². The van der Waals surface area contributed by atoms with Gasteiger partial charge < -0.3 is 5.32 Å². The molecule has 1 aromatic heterocycles. The molecule has 128 valence electrons. The molecular weight excluding hydrogens is 385 g/mol. The molecule has 0 aliphatic carbocycles. The molecule has 0 fully saturated rings. The van der Waals surface area contributed by atoms with Crippen molar-refractivity contribution in [2.45, 2.75) is 9.79 Å². The topological polar surface area (TPSA) is 63.2 Å². The summed E-state index contributed by atoms with van der Waals surface area (Å²) in [7, 11) is -3.74. The Morgan fingerprint density at radius 3 is 2.08 bits per heavy atom. The van der Waals surface area contributed by atoms with Crippen LogP contribution >= 0.6 is 22.9 Å². The lowest BCUT2D eigenvalue weighted by molar-refractivity contribution is 0.102. The number of amides is 1. The van der Waals surface area contributed by atoms with E-state index in [0.29, 0.717) is 15.6 Å². The highest BCUT2D eigenvalue weighted by Crippen LogP contribution is 2.24. The Kier molecular flexibility index (Phi) is 4.89. The van der Waals surface area contributed by atoms with Gasteiger partial charge in [-0.25, -0.2) is 12.8 Å². The first kappa shape index (κ1) is 17.6. The Labute approximate surface area is 152 Å². The van der Waals surface area contributed by atoms with Crippen LogP contribution in [-0.4, -0.2) is 14.3 Å². The number of halogens is 2. The lowest BCUT2D eigenvalue weighted by Gasteiger charge is -2.07. The zero-order chi connectivity index (χ0) is 18.0. The van der Waals surface area contributed by atoms with Crippen LogP contribution < -0.4 is 5.32 Å². The van der Waals surface area contributed by atoms with Gasteiger partial charge in [0.2, 0.25) is 9.84 Å². The number of nitrogens with one attached hydrogen (secondary N) is 1. The van der Waals surface area contributed by atoms with Crippen molar-refractivity contribution in [2.75, 3.05) is 5.32 Å². The van der Waals surface area contributed by atoms with Gasteiger partial charge in [0.15, 0.2) is 0 Å².